The third-order valence-electron chi connectivity index (χ3n) is 8.70. The fraction of sp³-hybridized carbons (Fsp3) is 0.483. The number of benzene rings is 2. The van der Waals surface area contributed by atoms with E-state index in [1.54, 1.807) is 0 Å². The van der Waals surface area contributed by atoms with E-state index in [2.05, 4.69) is 56.1 Å². The summed E-state index contributed by atoms with van der Waals surface area (Å²) in [5.41, 5.74) is 4.02. The quantitative estimate of drug-likeness (QED) is 0.348. The molecule has 3 amide bonds. The molecule has 2 saturated heterocycles. The van der Waals surface area contributed by atoms with Gasteiger partial charge < -0.3 is 4.90 Å². The Morgan fingerprint density at radius 1 is 0.778 bits per heavy atom. The number of nitrogens with zero attached hydrogens (tertiary/aromatic N) is 2. The molecule has 5 aliphatic rings. The summed E-state index contributed by atoms with van der Waals surface area (Å²) in [6.45, 7) is 5.25. The van der Waals surface area contributed by atoms with E-state index >= 15 is 0 Å². The third-order valence-corrected chi connectivity index (χ3v) is 11.4. The van der Waals surface area contributed by atoms with Gasteiger partial charge in [-0.25, -0.2) is 0 Å². The molecule has 3 atom stereocenters. The lowest BCUT2D eigenvalue weighted by atomic mass is 9.54. The minimum atomic E-state index is -0.838. The summed E-state index contributed by atoms with van der Waals surface area (Å²) in [4.78, 5) is 45.9. The van der Waals surface area contributed by atoms with Crippen LogP contribution in [-0.4, -0.2) is 46.7 Å². The number of likely N-dealkylation sites (tertiary alicyclic amines) is 2. The van der Waals surface area contributed by atoms with Gasteiger partial charge in [0.2, 0.25) is 17.7 Å². The molecular weight excluding hydrogens is 584 g/mol. The van der Waals surface area contributed by atoms with Crippen molar-refractivity contribution in [1.82, 2.24) is 9.80 Å². The lowest BCUT2D eigenvalue weighted by Crippen LogP contribution is -2.56. The molecule has 2 aromatic rings. The second kappa shape index (κ2) is 8.52. The summed E-state index contributed by atoms with van der Waals surface area (Å²) in [6.07, 6.45) is 4.14. The highest BCUT2D eigenvalue weighted by Gasteiger charge is 2.73. The predicted octanol–water partition coefficient (Wildman–Crippen LogP) is 5.32. The van der Waals surface area contributed by atoms with Crippen molar-refractivity contribution in [2.75, 3.05) is 13.1 Å². The average Bonchev–Trinajstić information content (AvgIpc) is 3.04. The number of carbonyl (C=O) groups is 3. The van der Waals surface area contributed by atoms with Crippen LogP contribution in [0.5, 0.6) is 0 Å². The Morgan fingerprint density at radius 3 is 1.53 bits per heavy atom. The van der Waals surface area contributed by atoms with E-state index in [1.165, 1.54) is 4.90 Å². The SMILES string of the molecule is CC(C)[C@H](C(=O)N1CCCCCC1)N1C(=O)[C@@H]2[C@H](C1=O)C1(Br)c3ccccc3C2(Br)c2ccccc21. The Hall–Kier alpha value is -1.99. The summed E-state index contributed by atoms with van der Waals surface area (Å²) in [7, 11) is 0. The van der Waals surface area contributed by atoms with Crippen molar-refractivity contribution in [3.8, 4) is 0 Å². The van der Waals surface area contributed by atoms with Crippen molar-refractivity contribution in [2.45, 2.75) is 54.2 Å². The number of halogens is 2. The summed E-state index contributed by atoms with van der Waals surface area (Å²) in [5, 5.41) is 0. The number of carbonyl (C=O) groups excluding carboxylic acids is 3. The van der Waals surface area contributed by atoms with Crippen LogP contribution in [0.3, 0.4) is 0 Å². The molecular formula is C29H30Br2N2O3. The van der Waals surface area contributed by atoms with Crippen LogP contribution in [0.1, 0.15) is 61.8 Å². The van der Waals surface area contributed by atoms with Crippen LogP contribution < -0.4 is 0 Å². The Balaban J connectivity index is 1.50. The zero-order chi connectivity index (χ0) is 25.4. The zero-order valence-electron chi connectivity index (χ0n) is 20.5. The fourth-order valence-electron chi connectivity index (χ4n) is 7.13. The first kappa shape index (κ1) is 24.4. The fourth-order valence-corrected chi connectivity index (χ4v) is 9.44. The van der Waals surface area contributed by atoms with E-state index in [1.807, 2.05) is 43.0 Å². The van der Waals surface area contributed by atoms with Gasteiger partial charge in [-0.05, 0) is 41.0 Å². The maximum absolute atomic E-state index is 14.4. The summed E-state index contributed by atoms with van der Waals surface area (Å²) in [6, 6.07) is 15.3. The first-order chi connectivity index (χ1) is 17.2. The second-order valence-electron chi connectivity index (χ2n) is 10.9. The molecule has 0 saturated carbocycles. The van der Waals surface area contributed by atoms with Gasteiger partial charge in [-0.1, -0.05) is 107 Å². The molecule has 2 aliphatic heterocycles. The Labute approximate surface area is 228 Å². The molecule has 2 fully saturated rings. The van der Waals surface area contributed by atoms with E-state index in [0.717, 1.165) is 47.9 Å². The van der Waals surface area contributed by atoms with Gasteiger partial charge in [0.1, 0.15) is 6.04 Å². The van der Waals surface area contributed by atoms with Gasteiger partial charge in [-0.3, -0.25) is 19.3 Å². The molecule has 0 N–H and O–H groups in total. The highest BCUT2D eigenvalue weighted by atomic mass is 79.9. The lowest BCUT2D eigenvalue weighted by Gasteiger charge is -2.55. The number of imide groups is 1. The smallest absolute Gasteiger partial charge is 0.246 e. The molecule has 0 radical (unpaired) electrons. The minimum absolute atomic E-state index is 0.0955. The zero-order valence-corrected chi connectivity index (χ0v) is 23.7. The topological polar surface area (TPSA) is 57.7 Å². The van der Waals surface area contributed by atoms with Crippen molar-refractivity contribution in [3.63, 3.8) is 0 Å². The maximum Gasteiger partial charge on any atom is 0.246 e. The Morgan fingerprint density at radius 2 is 1.17 bits per heavy atom. The second-order valence-corrected chi connectivity index (χ2v) is 13.4. The van der Waals surface area contributed by atoms with Crippen LogP contribution in [0.2, 0.25) is 0 Å². The number of amides is 3. The highest BCUT2D eigenvalue weighted by Crippen LogP contribution is 2.70. The first-order valence-corrected chi connectivity index (χ1v) is 14.6. The lowest BCUT2D eigenvalue weighted by molar-refractivity contribution is -0.153. The van der Waals surface area contributed by atoms with E-state index in [9.17, 15) is 14.4 Å². The standard InChI is InChI=1S/C29H30Br2N2O3/c1-17(2)24(27(36)32-15-9-3-4-10-16-32)33-25(34)22-23(26(33)35)29(31)19-12-6-5-11-18(19)28(22,30)20-13-7-8-14-21(20)29/h5-8,11-14,17,22-24H,3-4,9-10,15-16H2,1-2H3/t22-,23+,24-,28?,29?/m1/s1. The average molecular weight is 614 g/mol. The van der Waals surface area contributed by atoms with Gasteiger partial charge in [0.05, 0.1) is 20.5 Å². The highest BCUT2D eigenvalue weighted by molar-refractivity contribution is 9.10. The molecule has 5 nitrogen and oxygen atoms in total. The molecule has 0 spiro atoms. The normalized spacial score (nSPS) is 31.7. The van der Waals surface area contributed by atoms with Gasteiger partial charge in [-0.2, -0.15) is 0 Å². The maximum atomic E-state index is 14.4. The molecule has 2 heterocycles. The van der Waals surface area contributed by atoms with Gasteiger partial charge in [0.15, 0.2) is 0 Å². The van der Waals surface area contributed by atoms with E-state index in [4.69, 9.17) is 0 Å². The molecule has 3 aliphatic carbocycles. The van der Waals surface area contributed by atoms with Gasteiger partial charge in [-0.15, -0.1) is 0 Å². The van der Waals surface area contributed by atoms with Crippen LogP contribution in [0.25, 0.3) is 0 Å². The summed E-state index contributed by atoms with van der Waals surface area (Å²) >= 11 is 8.10. The first-order valence-electron chi connectivity index (χ1n) is 13.0. The molecule has 7 rings (SSSR count). The molecule has 0 unspecified atom stereocenters. The van der Waals surface area contributed by atoms with Gasteiger partial charge >= 0.3 is 0 Å². The largest absolute Gasteiger partial charge is 0.341 e. The monoisotopic (exact) mass is 612 g/mol. The predicted molar refractivity (Wildman–Crippen MR) is 145 cm³/mol. The Bertz CT molecular complexity index is 1150. The molecule has 36 heavy (non-hydrogen) atoms. The number of hydrogen-bond donors (Lipinski definition) is 0. The third kappa shape index (κ3) is 3.02. The molecule has 2 bridgehead atoms. The van der Waals surface area contributed by atoms with E-state index < -0.39 is 26.5 Å². The van der Waals surface area contributed by atoms with Crippen molar-refractivity contribution >= 4 is 49.6 Å². The van der Waals surface area contributed by atoms with E-state index in [0.29, 0.717) is 13.1 Å². The summed E-state index contributed by atoms with van der Waals surface area (Å²) < 4.78 is -1.68. The number of rotatable bonds is 3. The van der Waals surface area contributed by atoms with Crippen molar-refractivity contribution in [1.29, 1.82) is 0 Å². The molecule has 0 aromatic heterocycles. The van der Waals surface area contributed by atoms with E-state index in [-0.39, 0.29) is 23.6 Å². The summed E-state index contributed by atoms with van der Waals surface area (Å²) in [5.74, 6) is -2.08. The number of alkyl halides is 2. The van der Waals surface area contributed by atoms with Crippen molar-refractivity contribution < 1.29 is 14.4 Å². The molecule has 2 aromatic carbocycles. The van der Waals surface area contributed by atoms with Crippen LogP contribution >= 0.6 is 31.9 Å². The van der Waals surface area contributed by atoms with Crippen molar-refractivity contribution in [3.05, 3.63) is 70.8 Å². The van der Waals surface area contributed by atoms with Crippen LogP contribution in [0, 0.1) is 17.8 Å². The van der Waals surface area contributed by atoms with Gasteiger partial charge in [0.25, 0.3) is 0 Å². The van der Waals surface area contributed by atoms with Crippen molar-refractivity contribution in [2.24, 2.45) is 17.8 Å². The van der Waals surface area contributed by atoms with Crippen LogP contribution in [-0.2, 0) is 23.0 Å². The molecule has 188 valence electrons. The number of hydrogen-bond acceptors (Lipinski definition) is 3. The van der Waals surface area contributed by atoms with Crippen LogP contribution in [0.15, 0.2) is 48.5 Å². The van der Waals surface area contributed by atoms with Gasteiger partial charge in [0, 0.05) is 13.1 Å². The Kier molecular flexibility index (Phi) is 5.76. The minimum Gasteiger partial charge on any atom is -0.341 e. The van der Waals surface area contributed by atoms with Crippen LogP contribution in [0.4, 0.5) is 0 Å². The molecule has 7 heteroatoms.